The van der Waals surface area contributed by atoms with E-state index in [1.165, 1.54) is 11.1 Å². The average molecular weight is 450 g/mol. The molecule has 1 aliphatic carbocycles. The summed E-state index contributed by atoms with van der Waals surface area (Å²) < 4.78 is 18.2. The van der Waals surface area contributed by atoms with Crippen molar-refractivity contribution in [2.75, 3.05) is 32.9 Å². The molecule has 2 aromatic carbocycles. The Kier molecular flexibility index (Phi) is 6.81. The van der Waals surface area contributed by atoms with Crippen molar-refractivity contribution in [1.29, 1.82) is 0 Å². The highest BCUT2D eigenvalue weighted by Gasteiger charge is 2.54. The maximum absolute atomic E-state index is 13.4. The molecule has 5 heteroatoms. The van der Waals surface area contributed by atoms with E-state index >= 15 is 0 Å². The fourth-order valence-corrected chi connectivity index (χ4v) is 5.44. The summed E-state index contributed by atoms with van der Waals surface area (Å²) in [6.07, 6.45) is 5.78. The summed E-state index contributed by atoms with van der Waals surface area (Å²) in [5.41, 5.74) is 1.94. The molecule has 5 rings (SSSR count). The van der Waals surface area contributed by atoms with Crippen molar-refractivity contribution in [2.24, 2.45) is 0 Å². The number of likely N-dealkylation sites (tertiary alicyclic amines) is 1. The predicted octanol–water partition coefficient (Wildman–Crippen LogP) is 4.49. The highest BCUT2D eigenvalue weighted by molar-refractivity contribution is 5.91. The zero-order chi connectivity index (χ0) is 22.6. The molecule has 1 spiro atoms. The van der Waals surface area contributed by atoms with Crippen molar-refractivity contribution in [3.05, 3.63) is 71.8 Å². The summed E-state index contributed by atoms with van der Waals surface area (Å²) in [5, 5.41) is 0. The van der Waals surface area contributed by atoms with Gasteiger partial charge in [-0.2, -0.15) is 0 Å². The first-order chi connectivity index (χ1) is 16.2. The second-order valence-corrected chi connectivity index (χ2v) is 9.80. The van der Waals surface area contributed by atoms with Gasteiger partial charge in [-0.25, -0.2) is 0 Å². The quantitative estimate of drug-likeness (QED) is 0.557. The van der Waals surface area contributed by atoms with Crippen LogP contribution in [0, 0.1) is 0 Å². The number of nitrogens with zero attached hydrogens (tertiary/aromatic N) is 1. The monoisotopic (exact) mass is 449 g/mol. The molecule has 1 saturated carbocycles. The molecule has 0 N–H and O–H groups in total. The van der Waals surface area contributed by atoms with E-state index in [4.69, 9.17) is 14.2 Å². The lowest BCUT2D eigenvalue weighted by Gasteiger charge is -2.46. The Morgan fingerprint density at radius 3 is 2.33 bits per heavy atom. The molecule has 2 saturated heterocycles. The van der Waals surface area contributed by atoms with Gasteiger partial charge in [0.15, 0.2) is 0 Å². The molecule has 2 aromatic rings. The third-order valence-electron chi connectivity index (χ3n) is 7.59. The largest absolute Gasteiger partial charge is 0.376 e. The van der Waals surface area contributed by atoms with E-state index < -0.39 is 0 Å². The topological polar surface area (TPSA) is 48.0 Å². The van der Waals surface area contributed by atoms with Crippen LogP contribution >= 0.6 is 0 Å². The number of carbonyl (C=O) groups is 1. The second kappa shape index (κ2) is 9.96. The minimum absolute atomic E-state index is 0.145. The van der Waals surface area contributed by atoms with E-state index in [0.29, 0.717) is 25.7 Å². The maximum atomic E-state index is 13.4. The molecular weight excluding hydrogens is 414 g/mol. The number of hydrogen-bond donors (Lipinski definition) is 0. The molecule has 0 bridgehead atoms. The van der Waals surface area contributed by atoms with Gasteiger partial charge in [-0.3, -0.25) is 4.79 Å². The molecule has 176 valence electrons. The number of rotatable bonds is 8. The molecule has 2 aliphatic heterocycles. The predicted molar refractivity (Wildman–Crippen MR) is 127 cm³/mol. The van der Waals surface area contributed by atoms with Crippen LogP contribution < -0.4 is 0 Å². The Labute approximate surface area is 197 Å². The summed E-state index contributed by atoms with van der Waals surface area (Å²) in [4.78, 5) is 15.5. The molecule has 1 amide bonds. The summed E-state index contributed by atoms with van der Waals surface area (Å²) >= 11 is 0. The van der Waals surface area contributed by atoms with E-state index in [2.05, 4.69) is 29.2 Å². The third kappa shape index (κ3) is 5.16. The van der Waals surface area contributed by atoms with Crippen LogP contribution in [-0.4, -0.2) is 55.4 Å². The SMILES string of the molecule is O=C(N1CCC2(CC1)CC(OCCOCc1ccccc1)CCO2)C1(c2ccccc2)CC1. The lowest BCUT2D eigenvalue weighted by molar-refractivity contribution is -0.164. The summed E-state index contributed by atoms with van der Waals surface area (Å²) in [6, 6.07) is 20.5. The van der Waals surface area contributed by atoms with Gasteiger partial charge in [-0.1, -0.05) is 60.7 Å². The minimum Gasteiger partial charge on any atom is -0.376 e. The lowest BCUT2D eigenvalue weighted by Crippen LogP contribution is -2.53. The van der Waals surface area contributed by atoms with Crippen molar-refractivity contribution in [1.82, 2.24) is 4.90 Å². The first-order valence-corrected chi connectivity index (χ1v) is 12.4. The summed E-state index contributed by atoms with van der Waals surface area (Å²) in [7, 11) is 0. The van der Waals surface area contributed by atoms with Crippen LogP contribution in [0.5, 0.6) is 0 Å². The average Bonchev–Trinajstić information content (AvgIpc) is 3.68. The highest BCUT2D eigenvalue weighted by atomic mass is 16.5. The Balaban J connectivity index is 1.07. The molecule has 0 aromatic heterocycles. The van der Waals surface area contributed by atoms with Crippen molar-refractivity contribution in [2.45, 2.75) is 62.3 Å². The van der Waals surface area contributed by atoms with Crippen LogP contribution in [0.3, 0.4) is 0 Å². The van der Waals surface area contributed by atoms with Gasteiger partial charge in [-0.05, 0) is 43.2 Å². The van der Waals surface area contributed by atoms with Gasteiger partial charge in [0.25, 0.3) is 0 Å². The zero-order valence-electron chi connectivity index (χ0n) is 19.4. The van der Waals surface area contributed by atoms with Gasteiger partial charge < -0.3 is 19.1 Å². The standard InChI is InChI=1S/C28H35NO4/c30-26(28(12-13-28)24-9-5-2-6-10-24)29-16-14-27(15-17-29)21-25(11-18-33-27)32-20-19-31-22-23-7-3-1-4-8-23/h1-10,25H,11-22H2. The van der Waals surface area contributed by atoms with Crippen LogP contribution in [0.1, 0.15) is 49.7 Å². The first-order valence-electron chi connectivity index (χ1n) is 12.4. The van der Waals surface area contributed by atoms with E-state index in [0.717, 1.165) is 58.2 Å². The number of piperidine rings is 1. The number of amides is 1. The maximum Gasteiger partial charge on any atom is 0.233 e. The van der Waals surface area contributed by atoms with E-state index in [1.54, 1.807) is 0 Å². The molecule has 3 aliphatic rings. The Bertz CT molecular complexity index is 904. The minimum atomic E-state index is -0.273. The number of ether oxygens (including phenoxy) is 3. The van der Waals surface area contributed by atoms with Crippen molar-refractivity contribution in [3.8, 4) is 0 Å². The molecule has 1 unspecified atom stereocenters. The van der Waals surface area contributed by atoms with Crippen LogP contribution in [0.2, 0.25) is 0 Å². The van der Waals surface area contributed by atoms with E-state index in [-0.39, 0.29) is 17.1 Å². The van der Waals surface area contributed by atoms with Gasteiger partial charge in [0.05, 0.1) is 36.9 Å². The number of hydrogen-bond acceptors (Lipinski definition) is 4. The van der Waals surface area contributed by atoms with Crippen molar-refractivity contribution < 1.29 is 19.0 Å². The molecule has 33 heavy (non-hydrogen) atoms. The lowest BCUT2D eigenvalue weighted by atomic mass is 9.82. The van der Waals surface area contributed by atoms with Crippen LogP contribution in [0.4, 0.5) is 0 Å². The number of benzene rings is 2. The van der Waals surface area contributed by atoms with Crippen molar-refractivity contribution >= 4 is 5.91 Å². The smallest absolute Gasteiger partial charge is 0.233 e. The van der Waals surface area contributed by atoms with Gasteiger partial charge in [0, 0.05) is 26.1 Å². The summed E-state index contributed by atoms with van der Waals surface area (Å²) in [5.74, 6) is 0.308. The van der Waals surface area contributed by atoms with Gasteiger partial charge >= 0.3 is 0 Å². The molecule has 0 radical (unpaired) electrons. The Hall–Kier alpha value is -2.21. The zero-order valence-corrected chi connectivity index (χ0v) is 19.4. The number of carbonyl (C=O) groups excluding carboxylic acids is 1. The second-order valence-electron chi connectivity index (χ2n) is 9.80. The fourth-order valence-electron chi connectivity index (χ4n) is 5.44. The van der Waals surface area contributed by atoms with Crippen LogP contribution in [-0.2, 0) is 31.0 Å². The van der Waals surface area contributed by atoms with Crippen molar-refractivity contribution in [3.63, 3.8) is 0 Å². The molecule has 5 nitrogen and oxygen atoms in total. The first kappa shape index (κ1) is 22.6. The highest BCUT2D eigenvalue weighted by Crippen LogP contribution is 2.50. The molecule has 1 atom stereocenters. The normalized spacial score (nSPS) is 23.4. The molecule has 3 fully saturated rings. The van der Waals surface area contributed by atoms with Crippen LogP contribution in [0.25, 0.3) is 0 Å². The van der Waals surface area contributed by atoms with Crippen LogP contribution in [0.15, 0.2) is 60.7 Å². The summed E-state index contributed by atoms with van der Waals surface area (Å²) in [6.45, 7) is 4.12. The van der Waals surface area contributed by atoms with Gasteiger partial charge in [0.2, 0.25) is 5.91 Å². The third-order valence-corrected chi connectivity index (χ3v) is 7.59. The fraction of sp³-hybridized carbons (Fsp3) is 0.536. The van der Waals surface area contributed by atoms with E-state index in [9.17, 15) is 4.79 Å². The molecule has 2 heterocycles. The van der Waals surface area contributed by atoms with Gasteiger partial charge in [-0.15, -0.1) is 0 Å². The molecular formula is C28H35NO4. The van der Waals surface area contributed by atoms with E-state index in [1.807, 2.05) is 36.4 Å². The van der Waals surface area contributed by atoms with Gasteiger partial charge in [0.1, 0.15) is 0 Å². The Morgan fingerprint density at radius 2 is 1.64 bits per heavy atom. The Morgan fingerprint density at radius 1 is 0.939 bits per heavy atom.